The molecule has 0 saturated carbocycles. The summed E-state index contributed by atoms with van der Waals surface area (Å²) in [7, 11) is -3.65. The standard InChI is InChI=1S/C14H23N3O3S/c1-4-17(5-2)14(18)9-10-16-21(19,20)13-8-6-7-12(15)11(13)3/h6-8,16H,4-5,9-10,15H2,1-3H3. The third kappa shape index (κ3) is 4.44. The maximum Gasteiger partial charge on any atom is 0.240 e. The predicted octanol–water partition coefficient (Wildman–Crippen LogP) is 1.11. The number of carbonyl (C=O) groups excluding carboxylic acids is 1. The molecule has 0 atom stereocenters. The zero-order chi connectivity index (χ0) is 16.0. The van der Waals surface area contributed by atoms with Crippen LogP contribution in [0.15, 0.2) is 23.1 Å². The molecular formula is C14H23N3O3S. The van der Waals surface area contributed by atoms with Crippen LogP contribution in [0.5, 0.6) is 0 Å². The summed E-state index contributed by atoms with van der Waals surface area (Å²) in [6, 6.07) is 4.75. The van der Waals surface area contributed by atoms with Gasteiger partial charge in [0.05, 0.1) is 4.90 Å². The van der Waals surface area contributed by atoms with E-state index in [4.69, 9.17) is 5.73 Å². The molecule has 6 nitrogen and oxygen atoms in total. The van der Waals surface area contributed by atoms with E-state index in [0.717, 1.165) is 0 Å². The van der Waals surface area contributed by atoms with Gasteiger partial charge in [-0.15, -0.1) is 0 Å². The Morgan fingerprint density at radius 1 is 1.29 bits per heavy atom. The highest BCUT2D eigenvalue weighted by molar-refractivity contribution is 7.89. The lowest BCUT2D eigenvalue weighted by Gasteiger charge is -2.18. The molecule has 1 amide bonds. The Bertz CT molecular complexity index is 595. The molecule has 0 aromatic heterocycles. The van der Waals surface area contributed by atoms with Crippen LogP contribution in [-0.4, -0.2) is 38.9 Å². The summed E-state index contributed by atoms with van der Waals surface area (Å²) >= 11 is 0. The van der Waals surface area contributed by atoms with Gasteiger partial charge in [0.1, 0.15) is 0 Å². The Kier molecular flexibility index (Phi) is 6.17. The van der Waals surface area contributed by atoms with E-state index in [9.17, 15) is 13.2 Å². The molecule has 0 bridgehead atoms. The Balaban J connectivity index is 2.70. The Morgan fingerprint density at radius 2 is 1.90 bits per heavy atom. The average Bonchev–Trinajstić information content (AvgIpc) is 2.42. The van der Waals surface area contributed by atoms with E-state index < -0.39 is 10.0 Å². The highest BCUT2D eigenvalue weighted by Crippen LogP contribution is 2.20. The number of nitrogens with two attached hydrogens (primary N) is 1. The molecule has 3 N–H and O–H groups in total. The summed E-state index contributed by atoms with van der Waals surface area (Å²) in [6.45, 7) is 6.76. The maximum atomic E-state index is 12.2. The van der Waals surface area contributed by atoms with Crippen LogP contribution in [0.2, 0.25) is 0 Å². The lowest BCUT2D eigenvalue weighted by Crippen LogP contribution is -2.34. The summed E-state index contributed by atoms with van der Waals surface area (Å²) in [5.74, 6) is -0.0630. The smallest absolute Gasteiger partial charge is 0.240 e. The van der Waals surface area contributed by atoms with Crippen LogP contribution in [0.4, 0.5) is 5.69 Å². The second-order valence-electron chi connectivity index (χ2n) is 4.68. The molecule has 1 aromatic carbocycles. The number of amides is 1. The molecule has 0 saturated heterocycles. The van der Waals surface area contributed by atoms with Crippen molar-refractivity contribution in [2.24, 2.45) is 0 Å². The Morgan fingerprint density at radius 3 is 2.48 bits per heavy atom. The van der Waals surface area contributed by atoms with Crippen LogP contribution in [0.25, 0.3) is 0 Å². The number of nitrogens with one attached hydrogen (secondary N) is 1. The first-order valence-electron chi connectivity index (χ1n) is 6.96. The summed E-state index contributed by atoms with van der Waals surface area (Å²) in [5, 5.41) is 0. The monoisotopic (exact) mass is 313 g/mol. The number of sulfonamides is 1. The molecule has 1 aromatic rings. The molecule has 0 radical (unpaired) electrons. The Labute approximate surface area is 126 Å². The van der Waals surface area contributed by atoms with Crippen molar-refractivity contribution in [3.63, 3.8) is 0 Å². The fraction of sp³-hybridized carbons (Fsp3) is 0.500. The minimum Gasteiger partial charge on any atom is -0.398 e. The number of hydrogen-bond donors (Lipinski definition) is 2. The molecule has 0 aliphatic rings. The minimum absolute atomic E-state index is 0.0630. The van der Waals surface area contributed by atoms with Gasteiger partial charge in [-0.25, -0.2) is 13.1 Å². The highest BCUT2D eigenvalue weighted by Gasteiger charge is 2.18. The number of rotatable bonds is 7. The van der Waals surface area contributed by atoms with Crippen molar-refractivity contribution in [2.45, 2.75) is 32.1 Å². The van der Waals surface area contributed by atoms with Crippen molar-refractivity contribution in [1.82, 2.24) is 9.62 Å². The van der Waals surface area contributed by atoms with E-state index >= 15 is 0 Å². The van der Waals surface area contributed by atoms with Crippen molar-refractivity contribution < 1.29 is 13.2 Å². The van der Waals surface area contributed by atoms with E-state index in [1.54, 1.807) is 24.0 Å². The van der Waals surface area contributed by atoms with Crippen molar-refractivity contribution in [1.29, 1.82) is 0 Å². The molecule has 0 aliphatic heterocycles. The fourth-order valence-electron chi connectivity index (χ4n) is 2.03. The third-order valence-corrected chi connectivity index (χ3v) is 4.97. The van der Waals surface area contributed by atoms with E-state index in [1.165, 1.54) is 6.07 Å². The number of carbonyl (C=O) groups is 1. The van der Waals surface area contributed by atoms with E-state index in [1.807, 2.05) is 13.8 Å². The van der Waals surface area contributed by atoms with Crippen molar-refractivity contribution in [2.75, 3.05) is 25.4 Å². The molecule has 21 heavy (non-hydrogen) atoms. The first kappa shape index (κ1) is 17.5. The van der Waals surface area contributed by atoms with Gasteiger partial charge in [0, 0.05) is 31.7 Å². The maximum absolute atomic E-state index is 12.2. The normalized spacial score (nSPS) is 11.4. The highest BCUT2D eigenvalue weighted by atomic mass is 32.2. The number of nitrogens with zero attached hydrogens (tertiary/aromatic N) is 1. The average molecular weight is 313 g/mol. The molecule has 0 heterocycles. The lowest BCUT2D eigenvalue weighted by molar-refractivity contribution is -0.130. The van der Waals surface area contributed by atoms with Crippen molar-refractivity contribution in [3.8, 4) is 0 Å². The minimum atomic E-state index is -3.65. The van der Waals surface area contributed by atoms with Gasteiger partial charge in [0.25, 0.3) is 0 Å². The summed E-state index contributed by atoms with van der Waals surface area (Å²) in [5.41, 5.74) is 6.66. The SMILES string of the molecule is CCN(CC)C(=O)CCNS(=O)(=O)c1cccc(N)c1C. The molecule has 0 spiro atoms. The van der Waals surface area contributed by atoms with Gasteiger partial charge in [-0.05, 0) is 38.5 Å². The molecule has 7 heteroatoms. The first-order chi connectivity index (χ1) is 9.83. The summed E-state index contributed by atoms with van der Waals surface area (Å²) < 4.78 is 26.9. The topological polar surface area (TPSA) is 92.5 Å². The van der Waals surface area contributed by atoms with Gasteiger partial charge in [-0.2, -0.15) is 0 Å². The molecule has 118 valence electrons. The van der Waals surface area contributed by atoms with Gasteiger partial charge >= 0.3 is 0 Å². The van der Waals surface area contributed by atoms with Crippen LogP contribution in [-0.2, 0) is 14.8 Å². The van der Waals surface area contributed by atoms with Crippen molar-refractivity contribution in [3.05, 3.63) is 23.8 Å². The van der Waals surface area contributed by atoms with Crippen LogP contribution < -0.4 is 10.5 Å². The summed E-state index contributed by atoms with van der Waals surface area (Å²) in [4.78, 5) is 13.6. The van der Waals surface area contributed by atoms with Gasteiger partial charge < -0.3 is 10.6 Å². The fourth-order valence-corrected chi connectivity index (χ4v) is 3.33. The zero-order valence-electron chi connectivity index (χ0n) is 12.7. The first-order valence-corrected chi connectivity index (χ1v) is 8.44. The van der Waals surface area contributed by atoms with Crippen molar-refractivity contribution >= 4 is 21.6 Å². The number of nitrogen functional groups attached to an aromatic ring is 1. The summed E-state index contributed by atoms with van der Waals surface area (Å²) in [6.07, 6.45) is 0.141. The van der Waals surface area contributed by atoms with Gasteiger partial charge in [-0.3, -0.25) is 4.79 Å². The van der Waals surface area contributed by atoms with Crippen LogP contribution in [0.1, 0.15) is 25.8 Å². The molecular weight excluding hydrogens is 290 g/mol. The number of anilines is 1. The van der Waals surface area contributed by atoms with Gasteiger partial charge in [0.15, 0.2) is 0 Å². The van der Waals surface area contributed by atoms with Gasteiger partial charge in [-0.1, -0.05) is 6.07 Å². The zero-order valence-corrected chi connectivity index (χ0v) is 13.5. The number of hydrogen-bond acceptors (Lipinski definition) is 4. The molecule has 0 fully saturated rings. The molecule has 1 rings (SSSR count). The van der Waals surface area contributed by atoms with E-state index in [0.29, 0.717) is 24.3 Å². The second kappa shape index (κ2) is 7.42. The van der Waals surface area contributed by atoms with Crippen LogP contribution in [0, 0.1) is 6.92 Å². The molecule has 0 unspecified atom stereocenters. The lowest BCUT2D eigenvalue weighted by atomic mass is 10.2. The predicted molar refractivity (Wildman–Crippen MR) is 83.3 cm³/mol. The van der Waals surface area contributed by atoms with Gasteiger partial charge in [0.2, 0.25) is 15.9 Å². The number of benzene rings is 1. The van der Waals surface area contributed by atoms with E-state index in [-0.39, 0.29) is 23.8 Å². The second-order valence-corrected chi connectivity index (χ2v) is 6.42. The van der Waals surface area contributed by atoms with Crippen LogP contribution in [0.3, 0.4) is 0 Å². The van der Waals surface area contributed by atoms with E-state index in [2.05, 4.69) is 4.72 Å². The Hall–Kier alpha value is -1.60. The molecule has 0 aliphatic carbocycles. The quantitative estimate of drug-likeness (QED) is 0.738. The van der Waals surface area contributed by atoms with Crippen LogP contribution >= 0.6 is 0 Å². The third-order valence-electron chi connectivity index (χ3n) is 3.36. The largest absolute Gasteiger partial charge is 0.398 e.